The average molecular weight is 395 g/mol. The zero-order chi connectivity index (χ0) is 20.4. The molecule has 0 bridgehead atoms. The van der Waals surface area contributed by atoms with Gasteiger partial charge in [-0.1, -0.05) is 18.7 Å². The van der Waals surface area contributed by atoms with Crippen LogP contribution in [0, 0.1) is 0 Å². The number of hydrogen-bond donors (Lipinski definition) is 0. The van der Waals surface area contributed by atoms with Crippen molar-refractivity contribution in [2.75, 3.05) is 13.1 Å². The third-order valence-electron chi connectivity index (χ3n) is 5.40. The topological polar surface area (TPSA) is 75.9 Å². The van der Waals surface area contributed by atoms with Crippen LogP contribution in [-0.2, 0) is 4.74 Å². The molecule has 1 aromatic carbocycles. The molecule has 1 aliphatic heterocycles. The quantitative estimate of drug-likeness (QED) is 0.713. The lowest BCUT2D eigenvalue weighted by molar-refractivity contribution is 0.0540. The Labute approximate surface area is 170 Å². The van der Waals surface area contributed by atoms with Crippen molar-refractivity contribution in [3.8, 4) is 11.3 Å². The molecule has 2 amide bonds. The predicted octanol–water partition coefficient (Wildman–Crippen LogP) is 4.08. The maximum absolute atomic E-state index is 13.3. The number of allylic oxidation sites excluding steroid dienone is 1. The zero-order valence-electron chi connectivity index (χ0n) is 16.5. The first kappa shape index (κ1) is 19.2. The first-order chi connectivity index (χ1) is 14.0. The first-order valence-corrected chi connectivity index (χ1v) is 9.97. The number of piperidine rings is 1. The van der Waals surface area contributed by atoms with Crippen LogP contribution >= 0.6 is 0 Å². The van der Waals surface area contributed by atoms with Crippen molar-refractivity contribution in [2.45, 2.75) is 44.7 Å². The number of likely N-dealkylation sites (tertiary alicyclic amines) is 1. The van der Waals surface area contributed by atoms with Gasteiger partial charge in [0.1, 0.15) is 0 Å². The Hall–Kier alpha value is -3.09. The second-order valence-electron chi connectivity index (χ2n) is 7.67. The van der Waals surface area contributed by atoms with E-state index in [-0.39, 0.29) is 18.0 Å². The summed E-state index contributed by atoms with van der Waals surface area (Å²) in [5.41, 5.74) is 1.56. The number of amides is 2. The molecule has 152 valence electrons. The summed E-state index contributed by atoms with van der Waals surface area (Å²) in [5, 5.41) is 0. The van der Waals surface area contributed by atoms with E-state index in [1.807, 2.05) is 29.2 Å². The van der Waals surface area contributed by atoms with Crippen LogP contribution < -0.4 is 0 Å². The van der Waals surface area contributed by atoms with Crippen LogP contribution in [0.15, 0.2) is 53.6 Å². The van der Waals surface area contributed by atoms with Gasteiger partial charge in [0.15, 0.2) is 12.2 Å². The highest BCUT2D eigenvalue weighted by molar-refractivity contribution is 5.95. The van der Waals surface area contributed by atoms with Crippen LogP contribution in [0.25, 0.3) is 11.3 Å². The molecule has 29 heavy (non-hydrogen) atoms. The van der Waals surface area contributed by atoms with Crippen molar-refractivity contribution in [1.82, 2.24) is 14.8 Å². The number of nitrogens with zero attached hydrogens (tertiary/aromatic N) is 3. The molecule has 1 saturated heterocycles. The molecule has 7 heteroatoms. The maximum Gasteiger partial charge on any atom is 0.414 e. The third-order valence-corrected chi connectivity index (χ3v) is 5.40. The van der Waals surface area contributed by atoms with Crippen LogP contribution in [0.5, 0.6) is 0 Å². The fourth-order valence-electron chi connectivity index (χ4n) is 3.81. The smallest absolute Gasteiger partial charge is 0.414 e. The van der Waals surface area contributed by atoms with Gasteiger partial charge in [0.25, 0.3) is 5.91 Å². The van der Waals surface area contributed by atoms with Gasteiger partial charge in [0.2, 0.25) is 0 Å². The number of rotatable bonds is 5. The van der Waals surface area contributed by atoms with Crippen LogP contribution in [0.1, 0.15) is 43.0 Å². The fraction of sp³-hybridized carbons (Fsp3) is 0.409. The monoisotopic (exact) mass is 395 g/mol. The van der Waals surface area contributed by atoms with E-state index in [4.69, 9.17) is 9.15 Å². The van der Waals surface area contributed by atoms with Gasteiger partial charge in [0.05, 0.1) is 12.0 Å². The zero-order valence-corrected chi connectivity index (χ0v) is 16.5. The number of carbonyl (C=O) groups is 2. The molecular weight excluding hydrogens is 370 g/mol. The molecular formula is C22H25N3O4. The van der Waals surface area contributed by atoms with Gasteiger partial charge < -0.3 is 19.0 Å². The minimum atomic E-state index is -0.358. The maximum atomic E-state index is 13.3. The van der Waals surface area contributed by atoms with Crippen molar-refractivity contribution < 1.29 is 18.7 Å². The molecule has 2 heterocycles. The molecule has 1 aliphatic carbocycles. The van der Waals surface area contributed by atoms with E-state index >= 15 is 0 Å². The number of hydrogen-bond acceptors (Lipinski definition) is 5. The van der Waals surface area contributed by atoms with E-state index < -0.39 is 0 Å². The standard InChI is InChI=1S/C22H25N3O4/c1-15(2)29-22(27)24-11-9-19(10-12-24)25(18-7-8-18)21(26)17-5-3-16(4-6-17)20-13-23-14-28-20/h3-6,13-14,18-19H,1,7-12H2,2H3. The van der Waals surface area contributed by atoms with Crippen molar-refractivity contribution in [3.05, 3.63) is 54.8 Å². The van der Waals surface area contributed by atoms with Gasteiger partial charge in [0, 0.05) is 36.3 Å². The normalized spacial score (nSPS) is 17.1. The van der Waals surface area contributed by atoms with Crippen molar-refractivity contribution in [1.29, 1.82) is 0 Å². The van der Waals surface area contributed by atoms with E-state index in [1.165, 1.54) is 6.39 Å². The van der Waals surface area contributed by atoms with E-state index in [2.05, 4.69) is 11.6 Å². The highest BCUT2D eigenvalue weighted by Crippen LogP contribution is 2.33. The van der Waals surface area contributed by atoms with Crippen LogP contribution in [0.4, 0.5) is 4.79 Å². The average Bonchev–Trinajstić information content (AvgIpc) is 3.39. The number of benzene rings is 1. The highest BCUT2D eigenvalue weighted by Gasteiger charge is 2.39. The molecule has 0 N–H and O–H groups in total. The number of carbonyl (C=O) groups excluding carboxylic acids is 2. The Balaban J connectivity index is 1.42. The molecule has 0 atom stereocenters. The summed E-state index contributed by atoms with van der Waals surface area (Å²) in [6.07, 6.45) is 6.28. The molecule has 0 radical (unpaired) electrons. The first-order valence-electron chi connectivity index (χ1n) is 9.97. The van der Waals surface area contributed by atoms with Gasteiger partial charge in [-0.3, -0.25) is 4.79 Å². The second kappa shape index (κ2) is 8.11. The Morgan fingerprint density at radius 1 is 1.14 bits per heavy atom. The van der Waals surface area contributed by atoms with Gasteiger partial charge in [-0.05, 0) is 44.7 Å². The summed E-state index contributed by atoms with van der Waals surface area (Å²) in [5.74, 6) is 1.12. The summed E-state index contributed by atoms with van der Waals surface area (Å²) in [6.45, 7) is 6.43. The minimum Gasteiger partial charge on any atom is -0.444 e. The third kappa shape index (κ3) is 4.34. The lowest BCUT2D eigenvalue weighted by Crippen LogP contribution is -2.49. The predicted molar refractivity (Wildman–Crippen MR) is 107 cm³/mol. The molecule has 0 unspecified atom stereocenters. The summed E-state index contributed by atoms with van der Waals surface area (Å²) >= 11 is 0. The van der Waals surface area contributed by atoms with Crippen molar-refractivity contribution in [2.24, 2.45) is 0 Å². The molecule has 2 aromatic rings. The summed E-state index contributed by atoms with van der Waals surface area (Å²) in [6, 6.07) is 7.89. The SMILES string of the molecule is C=C(C)OC(=O)N1CCC(N(C(=O)c2ccc(-c3cnco3)cc2)C2CC2)CC1. The van der Waals surface area contributed by atoms with E-state index in [9.17, 15) is 9.59 Å². The van der Waals surface area contributed by atoms with Crippen LogP contribution in [0.3, 0.4) is 0 Å². The van der Waals surface area contributed by atoms with Crippen LogP contribution in [0.2, 0.25) is 0 Å². The molecule has 4 rings (SSSR count). The van der Waals surface area contributed by atoms with E-state index in [0.717, 1.165) is 31.2 Å². The molecule has 7 nitrogen and oxygen atoms in total. The lowest BCUT2D eigenvalue weighted by Gasteiger charge is -2.38. The molecule has 1 saturated carbocycles. The number of ether oxygens (including phenoxy) is 1. The van der Waals surface area contributed by atoms with Gasteiger partial charge >= 0.3 is 6.09 Å². The summed E-state index contributed by atoms with van der Waals surface area (Å²) < 4.78 is 10.4. The van der Waals surface area contributed by atoms with Gasteiger partial charge in [-0.25, -0.2) is 9.78 Å². The largest absolute Gasteiger partial charge is 0.444 e. The number of aromatic nitrogens is 1. The second-order valence-corrected chi connectivity index (χ2v) is 7.67. The van der Waals surface area contributed by atoms with Gasteiger partial charge in [-0.15, -0.1) is 0 Å². The van der Waals surface area contributed by atoms with Gasteiger partial charge in [-0.2, -0.15) is 0 Å². The number of oxazole rings is 1. The Kier molecular flexibility index (Phi) is 5.38. The Bertz CT molecular complexity index is 879. The van der Waals surface area contributed by atoms with Crippen molar-refractivity contribution >= 4 is 12.0 Å². The van der Waals surface area contributed by atoms with Crippen molar-refractivity contribution in [3.63, 3.8) is 0 Å². The molecule has 0 spiro atoms. The molecule has 2 aliphatic rings. The Morgan fingerprint density at radius 2 is 1.79 bits per heavy atom. The lowest BCUT2D eigenvalue weighted by atomic mass is 10.0. The van der Waals surface area contributed by atoms with E-state index in [1.54, 1.807) is 18.0 Å². The molecule has 1 aromatic heterocycles. The van der Waals surface area contributed by atoms with E-state index in [0.29, 0.717) is 36.2 Å². The van der Waals surface area contributed by atoms with Crippen LogP contribution in [-0.4, -0.2) is 52.0 Å². The Morgan fingerprint density at radius 3 is 2.34 bits per heavy atom. The summed E-state index contributed by atoms with van der Waals surface area (Å²) in [4.78, 5) is 33.0. The minimum absolute atomic E-state index is 0.0552. The molecule has 2 fully saturated rings. The highest BCUT2D eigenvalue weighted by atomic mass is 16.6. The summed E-state index contributed by atoms with van der Waals surface area (Å²) in [7, 11) is 0. The fourth-order valence-corrected chi connectivity index (χ4v) is 3.81.